The summed E-state index contributed by atoms with van der Waals surface area (Å²) in [7, 11) is 1.39. The second kappa shape index (κ2) is 6.81. The topological polar surface area (TPSA) is 64.4 Å². The van der Waals surface area contributed by atoms with Crippen LogP contribution >= 0.6 is 0 Å². The molecule has 0 amide bonds. The van der Waals surface area contributed by atoms with Crippen molar-refractivity contribution < 1.29 is 14.1 Å². The third kappa shape index (κ3) is 3.76. The van der Waals surface area contributed by atoms with Crippen molar-refractivity contribution in [2.75, 3.05) is 7.11 Å². The van der Waals surface area contributed by atoms with Gasteiger partial charge in [0.25, 0.3) is 0 Å². The van der Waals surface area contributed by atoms with Crippen molar-refractivity contribution in [3.63, 3.8) is 0 Å². The van der Waals surface area contributed by atoms with Crippen LogP contribution in [0.2, 0.25) is 0 Å². The monoisotopic (exact) mass is 290 g/mol. The fourth-order valence-corrected chi connectivity index (χ4v) is 1.97. The summed E-state index contributed by atoms with van der Waals surface area (Å²) in [6.45, 7) is 0.756. The summed E-state index contributed by atoms with van der Waals surface area (Å²) in [5.41, 5.74) is 1.21. The molecule has 0 heterocycles. The molecule has 0 unspecified atom stereocenters. The van der Waals surface area contributed by atoms with Crippen molar-refractivity contribution in [3.8, 4) is 5.75 Å². The maximum Gasteiger partial charge on any atom is 0.311 e. The van der Waals surface area contributed by atoms with Crippen LogP contribution in [0.5, 0.6) is 5.75 Å². The van der Waals surface area contributed by atoms with Gasteiger partial charge in [0, 0.05) is 24.7 Å². The molecule has 2 rings (SSSR count). The van der Waals surface area contributed by atoms with Gasteiger partial charge < -0.3 is 10.1 Å². The van der Waals surface area contributed by atoms with E-state index in [1.54, 1.807) is 30.3 Å². The summed E-state index contributed by atoms with van der Waals surface area (Å²) in [6.07, 6.45) is 0. The van der Waals surface area contributed by atoms with Crippen molar-refractivity contribution in [1.29, 1.82) is 0 Å². The van der Waals surface area contributed by atoms with Crippen molar-refractivity contribution in [2.45, 2.75) is 13.1 Å². The smallest absolute Gasteiger partial charge is 0.311 e. The van der Waals surface area contributed by atoms with Gasteiger partial charge in [-0.05, 0) is 17.7 Å². The number of nitrogens with zero attached hydrogens (tertiary/aromatic N) is 1. The number of nitro groups is 1. The van der Waals surface area contributed by atoms with Gasteiger partial charge in [0.2, 0.25) is 0 Å². The fourth-order valence-electron chi connectivity index (χ4n) is 1.97. The third-order valence-electron chi connectivity index (χ3n) is 3.04. The van der Waals surface area contributed by atoms with E-state index in [0.29, 0.717) is 18.7 Å². The first-order valence-electron chi connectivity index (χ1n) is 6.37. The van der Waals surface area contributed by atoms with E-state index < -0.39 is 4.92 Å². The lowest BCUT2D eigenvalue weighted by molar-refractivity contribution is -0.385. The molecule has 0 bridgehead atoms. The lowest BCUT2D eigenvalue weighted by Crippen LogP contribution is -2.13. The second-order valence-corrected chi connectivity index (χ2v) is 4.46. The predicted molar refractivity (Wildman–Crippen MR) is 76.6 cm³/mol. The molecule has 6 heteroatoms. The largest absolute Gasteiger partial charge is 0.490 e. The van der Waals surface area contributed by atoms with Gasteiger partial charge in [-0.3, -0.25) is 10.1 Å². The number of rotatable bonds is 6. The quantitative estimate of drug-likeness (QED) is 0.656. The molecule has 2 aromatic rings. The number of methoxy groups -OCH3 is 1. The number of ether oxygens (including phenoxy) is 1. The van der Waals surface area contributed by atoms with Crippen LogP contribution < -0.4 is 10.1 Å². The van der Waals surface area contributed by atoms with E-state index in [1.165, 1.54) is 19.2 Å². The Morgan fingerprint density at radius 3 is 2.67 bits per heavy atom. The van der Waals surface area contributed by atoms with Gasteiger partial charge >= 0.3 is 5.69 Å². The van der Waals surface area contributed by atoms with E-state index in [-0.39, 0.29) is 17.3 Å². The molecule has 0 saturated heterocycles. The second-order valence-electron chi connectivity index (χ2n) is 4.46. The van der Waals surface area contributed by atoms with E-state index in [1.807, 2.05) is 0 Å². The zero-order valence-corrected chi connectivity index (χ0v) is 11.5. The van der Waals surface area contributed by atoms with Crippen molar-refractivity contribution in [1.82, 2.24) is 5.32 Å². The van der Waals surface area contributed by atoms with Crippen LogP contribution in [0.1, 0.15) is 11.1 Å². The molecule has 0 spiro atoms. The highest BCUT2D eigenvalue weighted by molar-refractivity contribution is 5.48. The first-order valence-corrected chi connectivity index (χ1v) is 6.37. The first-order chi connectivity index (χ1) is 10.1. The normalized spacial score (nSPS) is 10.4. The number of halogens is 1. The average molecular weight is 290 g/mol. The SMILES string of the molecule is COc1ccc(CNCc2ccccc2F)cc1[N+](=O)[O-]. The summed E-state index contributed by atoms with van der Waals surface area (Å²) >= 11 is 0. The molecule has 2 aromatic carbocycles. The highest BCUT2D eigenvalue weighted by atomic mass is 19.1. The van der Waals surface area contributed by atoms with Gasteiger partial charge in [0.1, 0.15) is 5.82 Å². The molecular formula is C15H15FN2O3. The van der Waals surface area contributed by atoms with E-state index in [0.717, 1.165) is 5.56 Å². The van der Waals surface area contributed by atoms with Gasteiger partial charge in [-0.2, -0.15) is 0 Å². The van der Waals surface area contributed by atoms with Gasteiger partial charge in [-0.15, -0.1) is 0 Å². The Morgan fingerprint density at radius 2 is 2.00 bits per heavy atom. The average Bonchev–Trinajstić information content (AvgIpc) is 2.49. The summed E-state index contributed by atoms with van der Waals surface area (Å²) in [5, 5.41) is 14.0. The van der Waals surface area contributed by atoms with Crippen LogP contribution in [-0.2, 0) is 13.1 Å². The van der Waals surface area contributed by atoms with E-state index in [9.17, 15) is 14.5 Å². The number of hydrogen-bond donors (Lipinski definition) is 1. The van der Waals surface area contributed by atoms with Crippen LogP contribution in [0.3, 0.4) is 0 Å². The molecule has 0 aromatic heterocycles. The van der Waals surface area contributed by atoms with E-state index in [2.05, 4.69) is 5.32 Å². The predicted octanol–water partition coefficient (Wildman–Crippen LogP) is 3.03. The molecule has 5 nitrogen and oxygen atoms in total. The first kappa shape index (κ1) is 14.9. The van der Waals surface area contributed by atoms with Gasteiger partial charge in [-0.1, -0.05) is 24.3 Å². The Kier molecular flexibility index (Phi) is 4.84. The van der Waals surface area contributed by atoms with Gasteiger partial charge in [-0.25, -0.2) is 4.39 Å². The summed E-state index contributed by atoms with van der Waals surface area (Å²) in [6, 6.07) is 11.2. The minimum absolute atomic E-state index is 0.0808. The van der Waals surface area contributed by atoms with Crippen LogP contribution in [0, 0.1) is 15.9 Å². The minimum Gasteiger partial charge on any atom is -0.490 e. The Morgan fingerprint density at radius 1 is 1.24 bits per heavy atom. The molecule has 0 aliphatic heterocycles. The number of benzene rings is 2. The van der Waals surface area contributed by atoms with Crippen molar-refractivity contribution >= 4 is 5.69 Å². The molecule has 1 N–H and O–H groups in total. The number of nitrogens with one attached hydrogen (secondary N) is 1. The van der Waals surface area contributed by atoms with Crippen LogP contribution in [0.25, 0.3) is 0 Å². The molecule has 0 atom stereocenters. The van der Waals surface area contributed by atoms with Crippen molar-refractivity contribution in [3.05, 3.63) is 69.5 Å². The third-order valence-corrected chi connectivity index (χ3v) is 3.04. The molecule has 110 valence electrons. The van der Waals surface area contributed by atoms with Gasteiger partial charge in [0.15, 0.2) is 5.75 Å². The molecule has 0 saturated carbocycles. The molecule has 0 aliphatic carbocycles. The molecule has 0 aliphatic rings. The molecule has 0 radical (unpaired) electrons. The summed E-state index contributed by atoms with van der Waals surface area (Å²) < 4.78 is 18.4. The lowest BCUT2D eigenvalue weighted by Gasteiger charge is -2.07. The van der Waals surface area contributed by atoms with Crippen LogP contribution in [-0.4, -0.2) is 12.0 Å². The Labute approximate surface area is 121 Å². The Bertz CT molecular complexity index is 647. The Balaban J connectivity index is 2.02. The van der Waals surface area contributed by atoms with Gasteiger partial charge in [0.05, 0.1) is 12.0 Å². The highest BCUT2D eigenvalue weighted by Gasteiger charge is 2.14. The van der Waals surface area contributed by atoms with Crippen molar-refractivity contribution in [2.24, 2.45) is 0 Å². The number of nitro benzene ring substituents is 1. The Hall–Kier alpha value is -2.47. The summed E-state index contributed by atoms with van der Waals surface area (Å²) in [5.74, 6) is -0.0523. The van der Waals surface area contributed by atoms with E-state index in [4.69, 9.17) is 4.74 Å². The number of hydrogen-bond acceptors (Lipinski definition) is 4. The molecular weight excluding hydrogens is 275 g/mol. The van der Waals surface area contributed by atoms with Crippen LogP contribution in [0.4, 0.5) is 10.1 Å². The molecule has 0 fully saturated rings. The maximum atomic E-state index is 13.4. The van der Waals surface area contributed by atoms with Crippen LogP contribution in [0.15, 0.2) is 42.5 Å². The minimum atomic E-state index is -0.487. The summed E-state index contributed by atoms with van der Waals surface area (Å²) in [4.78, 5) is 10.4. The maximum absolute atomic E-state index is 13.4. The fraction of sp³-hybridized carbons (Fsp3) is 0.200. The standard InChI is InChI=1S/C15H15FN2O3/c1-21-15-7-6-11(8-14(15)18(19)20)9-17-10-12-4-2-3-5-13(12)16/h2-8,17H,9-10H2,1H3. The lowest BCUT2D eigenvalue weighted by atomic mass is 10.1. The zero-order valence-electron chi connectivity index (χ0n) is 11.5. The highest BCUT2D eigenvalue weighted by Crippen LogP contribution is 2.27. The molecule has 21 heavy (non-hydrogen) atoms. The zero-order chi connectivity index (χ0) is 15.2. The van der Waals surface area contributed by atoms with E-state index >= 15 is 0 Å².